The fraction of sp³-hybridized carbons (Fsp3) is 1.00. The van der Waals surface area contributed by atoms with E-state index in [0.29, 0.717) is 0 Å². The summed E-state index contributed by atoms with van der Waals surface area (Å²) in [5, 5.41) is 0. The van der Waals surface area contributed by atoms with Crippen LogP contribution in [0.4, 0.5) is 0 Å². The van der Waals surface area contributed by atoms with Crippen molar-refractivity contribution in [2.75, 3.05) is 23.0 Å². The zero-order valence-electron chi connectivity index (χ0n) is 3.95. The SMILES string of the molecule is C1CSCCS1.[Cu]. The van der Waals surface area contributed by atoms with E-state index in [0.717, 1.165) is 0 Å². The molecule has 0 aromatic rings. The fourth-order valence-corrected chi connectivity index (χ4v) is 2.73. The molecule has 0 unspecified atom stereocenters. The van der Waals surface area contributed by atoms with Gasteiger partial charge < -0.3 is 0 Å². The molecule has 1 rings (SSSR count). The molecule has 1 fully saturated rings. The predicted octanol–water partition coefficient (Wildman–Crippen LogP) is 1.46. The van der Waals surface area contributed by atoms with Gasteiger partial charge in [0.15, 0.2) is 0 Å². The normalized spacial score (nSPS) is 20.6. The van der Waals surface area contributed by atoms with E-state index in [2.05, 4.69) is 23.5 Å². The Balaban J connectivity index is 0.000000360. The molecule has 1 aliphatic rings. The second kappa shape index (κ2) is 5.36. The Kier molecular flexibility index (Phi) is 6.29. The van der Waals surface area contributed by atoms with Gasteiger partial charge in [0.25, 0.3) is 0 Å². The van der Waals surface area contributed by atoms with Crippen LogP contribution in [0.1, 0.15) is 0 Å². The van der Waals surface area contributed by atoms with Crippen LogP contribution in [0.3, 0.4) is 0 Å². The quantitative estimate of drug-likeness (QED) is 0.522. The van der Waals surface area contributed by atoms with E-state index in [-0.39, 0.29) is 17.1 Å². The molecule has 1 radical (unpaired) electrons. The summed E-state index contributed by atoms with van der Waals surface area (Å²) in [5.41, 5.74) is 0. The van der Waals surface area contributed by atoms with Crippen LogP contribution in [-0.2, 0) is 17.1 Å². The largest absolute Gasteiger partial charge is 0.160 e. The molecular weight excluding hydrogens is 176 g/mol. The summed E-state index contributed by atoms with van der Waals surface area (Å²) in [6.45, 7) is 0. The van der Waals surface area contributed by atoms with Gasteiger partial charge in [-0.05, 0) is 0 Å². The van der Waals surface area contributed by atoms with Gasteiger partial charge in [-0.15, -0.1) is 0 Å². The van der Waals surface area contributed by atoms with Gasteiger partial charge in [0.2, 0.25) is 0 Å². The topological polar surface area (TPSA) is 0 Å². The Morgan fingerprint density at radius 2 is 1.00 bits per heavy atom. The molecule has 0 aliphatic carbocycles. The zero-order valence-corrected chi connectivity index (χ0v) is 6.52. The Morgan fingerprint density at radius 3 is 1.14 bits per heavy atom. The molecule has 0 amide bonds. The van der Waals surface area contributed by atoms with Crippen molar-refractivity contribution in [1.29, 1.82) is 0 Å². The van der Waals surface area contributed by atoms with Gasteiger partial charge in [-0.1, -0.05) is 0 Å². The number of hydrogen-bond donors (Lipinski definition) is 0. The molecule has 1 heterocycles. The third-order valence-corrected chi connectivity index (χ3v) is 3.23. The van der Waals surface area contributed by atoms with Crippen LogP contribution in [-0.4, -0.2) is 23.0 Å². The summed E-state index contributed by atoms with van der Waals surface area (Å²) in [7, 11) is 0. The standard InChI is InChI=1S/C4H8S2.Cu/c1-2-6-4-3-5-1;/h1-4H2;. The van der Waals surface area contributed by atoms with Gasteiger partial charge >= 0.3 is 0 Å². The van der Waals surface area contributed by atoms with Crippen molar-refractivity contribution < 1.29 is 17.1 Å². The van der Waals surface area contributed by atoms with Crippen LogP contribution in [0.5, 0.6) is 0 Å². The molecule has 3 heteroatoms. The number of hydrogen-bond acceptors (Lipinski definition) is 2. The molecule has 0 bridgehead atoms. The molecule has 0 N–H and O–H groups in total. The Labute approximate surface area is 63.7 Å². The average molecular weight is 184 g/mol. The first-order chi connectivity index (χ1) is 3.00. The van der Waals surface area contributed by atoms with Crippen LogP contribution in [0.25, 0.3) is 0 Å². The van der Waals surface area contributed by atoms with Crippen LogP contribution in [0.15, 0.2) is 0 Å². The minimum atomic E-state index is 0. The monoisotopic (exact) mass is 183 g/mol. The fourth-order valence-electron chi connectivity index (χ4n) is 0.440. The molecule has 0 aromatic heterocycles. The second-order valence-electron chi connectivity index (χ2n) is 1.22. The van der Waals surface area contributed by atoms with Crippen molar-refractivity contribution >= 4 is 23.5 Å². The summed E-state index contributed by atoms with van der Waals surface area (Å²) in [5.74, 6) is 5.52. The summed E-state index contributed by atoms with van der Waals surface area (Å²) >= 11 is 4.15. The van der Waals surface area contributed by atoms with Crippen LogP contribution < -0.4 is 0 Å². The van der Waals surface area contributed by atoms with E-state index < -0.39 is 0 Å². The van der Waals surface area contributed by atoms with Gasteiger partial charge in [-0.25, -0.2) is 0 Å². The van der Waals surface area contributed by atoms with Gasteiger partial charge in [0.05, 0.1) is 0 Å². The van der Waals surface area contributed by atoms with E-state index in [9.17, 15) is 0 Å². The average Bonchev–Trinajstić information content (AvgIpc) is 1.72. The minimum Gasteiger partial charge on any atom is -0.160 e. The van der Waals surface area contributed by atoms with Crippen molar-refractivity contribution in [3.63, 3.8) is 0 Å². The van der Waals surface area contributed by atoms with Gasteiger partial charge in [0.1, 0.15) is 0 Å². The Morgan fingerprint density at radius 1 is 0.714 bits per heavy atom. The smallest absolute Gasteiger partial charge is 0.00238 e. The molecule has 0 aromatic carbocycles. The molecule has 0 atom stereocenters. The van der Waals surface area contributed by atoms with Gasteiger partial charge in [-0.2, -0.15) is 23.5 Å². The maximum Gasteiger partial charge on any atom is 0.00238 e. The van der Waals surface area contributed by atoms with Crippen molar-refractivity contribution in [1.82, 2.24) is 0 Å². The number of rotatable bonds is 0. The van der Waals surface area contributed by atoms with E-state index in [1.807, 2.05) is 0 Å². The van der Waals surface area contributed by atoms with E-state index in [1.54, 1.807) is 0 Å². The van der Waals surface area contributed by atoms with E-state index >= 15 is 0 Å². The Bertz CT molecular complexity index is 25.2. The van der Waals surface area contributed by atoms with Gasteiger partial charge in [-0.3, -0.25) is 0 Å². The zero-order chi connectivity index (χ0) is 4.24. The first-order valence-corrected chi connectivity index (χ1v) is 4.46. The van der Waals surface area contributed by atoms with Crippen LogP contribution in [0.2, 0.25) is 0 Å². The molecular formula is C4H8CuS2. The first kappa shape index (κ1) is 8.22. The summed E-state index contributed by atoms with van der Waals surface area (Å²) < 4.78 is 0. The molecule has 1 aliphatic heterocycles. The summed E-state index contributed by atoms with van der Waals surface area (Å²) in [6, 6.07) is 0. The summed E-state index contributed by atoms with van der Waals surface area (Å²) in [4.78, 5) is 0. The third kappa shape index (κ3) is 3.77. The van der Waals surface area contributed by atoms with Crippen LogP contribution >= 0.6 is 23.5 Å². The van der Waals surface area contributed by atoms with E-state index in [4.69, 9.17) is 0 Å². The first-order valence-electron chi connectivity index (χ1n) is 2.15. The number of thioether (sulfide) groups is 2. The molecule has 0 saturated carbocycles. The predicted molar refractivity (Wildman–Crippen MR) is 34.6 cm³/mol. The van der Waals surface area contributed by atoms with E-state index in [1.165, 1.54) is 23.0 Å². The van der Waals surface area contributed by atoms with Gasteiger partial charge in [0, 0.05) is 40.1 Å². The minimum absolute atomic E-state index is 0. The van der Waals surface area contributed by atoms with Crippen molar-refractivity contribution in [2.45, 2.75) is 0 Å². The molecule has 7 heavy (non-hydrogen) atoms. The molecule has 0 nitrogen and oxygen atoms in total. The van der Waals surface area contributed by atoms with Crippen molar-refractivity contribution in [3.8, 4) is 0 Å². The third-order valence-electron chi connectivity index (χ3n) is 0.744. The Hall–Kier alpha value is 1.22. The van der Waals surface area contributed by atoms with Crippen molar-refractivity contribution in [2.24, 2.45) is 0 Å². The molecule has 1 saturated heterocycles. The molecule has 47 valence electrons. The maximum absolute atomic E-state index is 2.07. The summed E-state index contributed by atoms with van der Waals surface area (Å²) in [6.07, 6.45) is 0. The van der Waals surface area contributed by atoms with Crippen LogP contribution in [0, 0.1) is 0 Å². The maximum atomic E-state index is 2.07. The molecule has 0 spiro atoms. The van der Waals surface area contributed by atoms with Crippen molar-refractivity contribution in [3.05, 3.63) is 0 Å². The second-order valence-corrected chi connectivity index (χ2v) is 3.67.